The van der Waals surface area contributed by atoms with E-state index in [-0.39, 0.29) is 85.8 Å². The minimum Gasteiger partial charge on any atom is -0.861 e. The molecule has 32 heavy (non-hydrogen) atoms. The van der Waals surface area contributed by atoms with Crippen molar-refractivity contribution in [2.75, 3.05) is 79.2 Å². The molecule has 1 radical (unpaired) electrons. The number of carbonyl (C=O) groups is 4. The molecule has 0 aliphatic heterocycles. The van der Waals surface area contributed by atoms with Crippen LogP contribution in [0, 0.1) is 39.9 Å². The second-order valence-corrected chi connectivity index (χ2v) is 6.50. The van der Waals surface area contributed by atoms with E-state index in [0.29, 0.717) is 0 Å². The summed E-state index contributed by atoms with van der Waals surface area (Å²) in [7, 11) is 1.43. The number of hydrogen-bond acceptors (Lipinski definition) is 12. The van der Waals surface area contributed by atoms with Crippen LogP contribution < -0.4 is 15.3 Å². The van der Waals surface area contributed by atoms with E-state index in [1.807, 2.05) is 0 Å². The molecule has 0 fully saturated rings. The van der Waals surface area contributed by atoms with Crippen molar-refractivity contribution in [3.05, 3.63) is 0 Å². The molecule has 0 saturated carbocycles. The number of ether oxygens (including phenoxy) is 1. The van der Waals surface area contributed by atoms with E-state index in [4.69, 9.17) is 14.9 Å². The first-order valence-corrected chi connectivity index (χ1v) is 9.23. The van der Waals surface area contributed by atoms with E-state index in [0.717, 1.165) is 4.90 Å². The maximum atomic E-state index is 11.8. The Morgan fingerprint density at radius 2 is 1.16 bits per heavy atom. The Hall–Kier alpha value is -1.49. The summed E-state index contributed by atoms with van der Waals surface area (Å²) < 4.78 is 4.76. The van der Waals surface area contributed by atoms with Gasteiger partial charge >= 0.3 is 51.9 Å². The summed E-state index contributed by atoms with van der Waals surface area (Å²) in [6, 6.07) is 0. The van der Waals surface area contributed by atoms with Gasteiger partial charge in [0.1, 0.15) is 0 Å². The van der Waals surface area contributed by atoms with Crippen molar-refractivity contribution in [2.24, 2.45) is 4.99 Å². The predicted molar refractivity (Wildman–Crippen MR) is 98.8 cm³/mol. The summed E-state index contributed by atoms with van der Waals surface area (Å²) in [6.07, 6.45) is 0. The number of hydrogen-bond donors (Lipinski definition) is 2. The first-order valence-electron chi connectivity index (χ1n) is 9.23. The molecule has 0 aliphatic carbocycles. The van der Waals surface area contributed by atoms with Crippen molar-refractivity contribution >= 4 is 29.8 Å². The average Bonchev–Trinajstić information content (AvgIpc) is 2.62. The van der Waals surface area contributed by atoms with Gasteiger partial charge in [0.05, 0.1) is 38.2 Å². The summed E-state index contributed by atoms with van der Waals surface area (Å²) >= 11 is 0. The Kier molecular flexibility index (Phi) is 19.4. The summed E-state index contributed by atoms with van der Waals surface area (Å²) in [4.78, 5) is 51.0. The number of nitrogens with zero attached hydrogens (tertiary/aromatic N) is 4. The molecule has 0 atom stereocenters. The summed E-state index contributed by atoms with van der Waals surface area (Å²) in [6.45, 7) is -2.42. The fourth-order valence-electron chi connectivity index (χ4n) is 2.51. The Morgan fingerprint density at radius 1 is 0.750 bits per heavy atom. The van der Waals surface area contributed by atoms with Crippen molar-refractivity contribution in [1.82, 2.24) is 14.7 Å². The average molecular weight is 605 g/mol. The molecular weight excluding hydrogens is 577 g/mol. The van der Waals surface area contributed by atoms with Gasteiger partial charge in [-0.15, -0.1) is 0 Å². The fraction of sp³-hybridized carbons (Fsp3) is 0.706. The number of methoxy groups -OCH3 is 1. The van der Waals surface area contributed by atoms with Crippen molar-refractivity contribution < 1.29 is 89.4 Å². The minimum absolute atomic E-state index is 0. The van der Waals surface area contributed by atoms with Gasteiger partial charge in [0.2, 0.25) is 0 Å². The second kappa shape index (κ2) is 19.0. The van der Waals surface area contributed by atoms with E-state index in [2.05, 4.69) is 4.99 Å². The Labute approximate surface area is 217 Å². The maximum absolute atomic E-state index is 11.8. The number of aliphatic carboxylic acids is 4. The van der Waals surface area contributed by atoms with Crippen LogP contribution in [0.15, 0.2) is 4.99 Å². The third-order valence-corrected chi connectivity index (χ3v) is 3.83. The van der Waals surface area contributed by atoms with Crippen LogP contribution in [0.3, 0.4) is 0 Å². The van der Waals surface area contributed by atoms with Crippen LogP contribution in [-0.2, 0) is 23.9 Å². The molecule has 0 aromatic carbocycles. The number of carboxylic acids is 4. The van der Waals surface area contributed by atoms with Crippen molar-refractivity contribution in [3.63, 3.8) is 0 Å². The van der Waals surface area contributed by atoms with Gasteiger partial charge in [-0.05, 0) is 5.90 Å². The van der Waals surface area contributed by atoms with Crippen LogP contribution in [0.2, 0.25) is 0 Å². The molecular formula is C17H27GdN4O10. The van der Waals surface area contributed by atoms with Crippen molar-refractivity contribution in [1.29, 1.82) is 0 Å². The molecule has 14 nitrogen and oxygen atoms in total. The number of aliphatic imine (C=N–C) groups is 1. The number of carbonyl (C=O) groups excluding carboxylic acids is 2. The van der Waals surface area contributed by atoms with Crippen LogP contribution >= 0.6 is 0 Å². The molecule has 0 rings (SSSR count). The van der Waals surface area contributed by atoms with Crippen LogP contribution in [0.1, 0.15) is 0 Å². The minimum atomic E-state index is -1.44. The zero-order chi connectivity index (χ0) is 23.8. The molecule has 0 aliphatic rings. The zero-order valence-corrected chi connectivity index (χ0v) is 19.8. The molecule has 0 unspecified atom stereocenters. The third kappa shape index (κ3) is 19.2. The van der Waals surface area contributed by atoms with Crippen LogP contribution in [0.5, 0.6) is 0 Å². The molecule has 0 saturated heterocycles. The van der Waals surface area contributed by atoms with Gasteiger partial charge < -0.3 is 44.9 Å². The van der Waals surface area contributed by atoms with Gasteiger partial charge in [-0.2, -0.15) is 0 Å². The maximum Gasteiger partial charge on any atom is 3.00 e. The smallest absolute Gasteiger partial charge is 0.861 e. The SMILES string of the molecule is COCCN=C([O-])CN(CCN(CCN(CC(=O)O)CC(=O)O)CC(=O)[O-])CC(=O)[O-].[Gd+3]. The quantitative estimate of drug-likeness (QED) is 0.0800. The van der Waals surface area contributed by atoms with E-state index in [1.54, 1.807) is 0 Å². The topological polar surface area (TPSA) is 209 Å². The molecule has 0 heterocycles. The monoisotopic (exact) mass is 605 g/mol. The first kappa shape index (κ1) is 32.7. The van der Waals surface area contributed by atoms with Crippen LogP contribution in [0.4, 0.5) is 0 Å². The largest absolute Gasteiger partial charge is 3.00 e. The summed E-state index contributed by atoms with van der Waals surface area (Å²) in [5.41, 5.74) is 0. The zero-order valence-electron chi connectivity index (χ0n) is 17.6. The molecule has 2 N–H and O–H groups in total. The van der Waals surface area contributed by atoms with E-state index in [9.17, 15) is 34.5 Å². The number of rotatable bonds is 19. The Balaban J connectivity index is 0. The molecule has 0 bridgehead atoms. The predicted octanol–water partition coefficient (Wildman–Crippen LogP) is -6.03. The Morgan fingerprint density at radius 3 is 1.56 bits per heavy atom. The molecule has 0 amide bonds. The number of carboxylic acid groups (broad SMARTS) is 4. The van der Waals surface area contributed by atoms with Gasteiger partial charge in [-0.1, -0.05) is 0 Å². The van der Waals surface area contributed by atoms with Gasteiger partial charge in [0.25, 0.3) is 0 Å². The molecule has 183 valence electrons. The van der Waals surface area contributed by atoms with Crippen molar-refractivity contribution in [3.8, 4) is 0 Å². The Bertz CT molecular complexity index is 618. The molecule has 15 heteroatoms. The standard InChI is InChI=1S/C17H30N4O10.Gd/c1-31-7-2-18-13(22)8-20(10-15(25)26)5-3-19(9-14(23)24)4-6-21(11-16(27)28)12-17(29)30;/h2-12H2,1H3,(H,18,22)(H,23,24)(H,25,26)(H,27,28)(H,29,30);/q;+3/p-3. The molecule has 0 aromatic rings. The second-order valence-electron chi connectivity index (χ2n) is 6.50. The van der Waals surface area contributed by atoms with E-state index < -0.39 is 56.0 Å². The summed E-state index contributed by atoms with van der Waals surface area (Å²) in [5.74, 6) is -5.95. The summed E-state index contributed by atoms with van der Waals surface area (Å²) in [5, 5.41) is 51.5. The van der Waals surface area contributed by atoms with Gasteiger partial charge in [0, 0.05) is 52.9 Å². The van der Waals surface area contributed by atoms with Crippen LogP contribution in [0.25, 0.3) is 0 Å². The molecule has 0 aromatic heterocycles. The molecule has 0 spiro atoms. The van der Waals surface area contributed by atoms with Gasteiger partial charge in [-0.3, -0.25) is 24.3 Å². The third-order valence-electron chi connectivity index (χ3n) is 3.83. The van der Waals surface area contributed by atoms with Crippen LogP contribution in [-0.4, -0.2) is 134 Å². The van der Waals surface area contributed by atoms with Gasteiger partial charge in [-0.25, -0.2) is 0 Å². The normalized spacial score (nSPS) is 11.6. The van der Waals surface area contributed by atoms with Crippen molar-refractivity contribution in [2.45, 2.75) is 0 Å². The van der Waals surface area contributed by atoms with E-state index in [1.165, 1.54) is 16.9 Å². The fourth-order valence-corrected chi connectivity index (χ4v) is 2.51. The first-order chi connectivity index (χ1) is 14.5. The van der Waals surface area contributed by atoms with Gasteiger partial charge in [0.15, 0.2) is 0 Å². The van der Waals surface area contributed by atoms with E-state index >= 15 is 0 Å².